The lowest BCUT2D eigenvalue weighted by atomic mass is 9.62. The van der Waals surface area contributed by atoms with Crippen LogP contribution >= 0.6 is 35.0 Å². The highest BCUT2D eigenvalue weighted by Crippen LogP contribution is 2.53. The minimum atomic E-state index is -1.55. The smallest absolute Gasteiger partial charge is 0.238 e. The Hall–Kier alpha value is -1.71. The molecule has 1 saturated carbocycles. The summed E-state index contributed by atoms with van der Waals surface area (Å²) in [5.74, 6) is -2.94. The van der Waals surface area contributed by atoms with E-state index < -0.39 is 46.6 Å². The van der Waals surface area contributed by atoms with Gasteiger partial charge in [0.05, 0.1) is 27.1 Å². The molecule has 0 radical (unpaired) electrons. The third-order valence-corrected chi connectivity index (χ3v) is 9.20. The second-order valence-corrected chi connectivity index (χ2v) is 13.9. The summed E-state index contributed by atoms with van der Waals surface area (Å²) in [6.07, 6.45) is 3.69. The minimum Gasteiger partial charge on any atom is -0.390 e. The Balaban J connectivity index is 1.96. The lowest BCUT2D eigenvalue weighted by Gasteiger charge is -2.42. The number of nitrogens with one attached hydrogen (secondary N) is 2. The number of carbonyl (C=O) groups excluding carboxylic acids is 2. The van der Waals surface area contributed by atoms with Crippen LogP contribution in [0.3, 0.4) is 0 Å². The van der Waals surface area contributed by atoms with Gasteiger partial charge in [0.2, 0.25) is 5.91 Å². The zero-order valence-electron chi connectivity index (χ0n) is 22.6. The maximum Gasteiger partial charge on any atom is 0.238 e. The van der Waals surface area contributed by atoms with Crippen molar-refractivity contribution in [1.82, 2.24) is 10.6 Å². The third-order valence-electron chi connectivity index (χ3n) is 7.84. The highest BCUT2D eigenvalue weighted by atomic mass is 35.5. The molecule has 1 aliphatic carbocycles. The van der Waals surface area contributed by atoms with E-state index in [1.807, 2.05) is 20.8 Å². The first-order valence-electron chi connectivity index (χ1n) is 12.9. The number of benzene rings is 2. The summed E-state index contributed by atoms with van der Waals surface area (Å²) in [4.78, 5) is 27.9. The molecule has 1 aliphatic heterocycles. The van der Waals surface area contributed by atoms with Crippen LogP contribution in [0.4, 0.5) is 8.78 Å². The maximum atomic E-state index is 15.8. The van der Waals surface area contributed by atoms with Gasteiger partial charge in [0, 0.05) is 22.9 Å². The van der Waals surface area contributed by atoms with E-state index in [1.54, 1.807) is 19.2 Å². The molecule has 2 aromatic rings. The van der Waals surface area contributed by atoms with E-state index in [2.05, 4.69) is 10.6 Å². The van der Waals surface area contributed by atoms with Gasteiger partial charge < -0.3 is 20.5 Å². The molecule has 1 saturated heterocycles. The Morgan fingerprint density at radius 3 is 2.46 bits per heavy atom. The largest absolute Gasteiger partial charge is 0.390 e. The fourth-order valence-corrected chi connectivity index (χ4v) is 7.31. The summed E-state index contributed by atoms with van der Waals surface area (Å²) >= 11 is 13.6. The Kier molecular flexibility index (Phi) is 8.48. The van der Waals surface area contributed by atoms with Crippen LogP contribution < -0.4 is 10.6 Å². The maximum absolute atomic E-state index is 15.8. The number of aliphatic hydroxyl groups is 1. The number of hydrogen-bond acceptors (Lipinski definition) is 5. The van der Waals surface area contributed by atoms with Gasteiger partial charge in [0.1, 0.15) is 17.9 Å². The molecule has 212 valence electrons. The Morgan fingerprint density at radius 1 is 1.23 bits per heavy atom. The van der Waals surface area contributed by atoms with Crippen molar-refractivity contribution in [2.45, 2.75) is 86.9 Å². The quantitative estimate of drug-likeness (QED) is 0.268. The van der Waals surface area contributed by atoms with Crippen molar-refractivity contribution >= 4 is 47.2 Å². The number of carbonyl (C=O) groups is 2. The van der Waals surface area contributed by atoms with Crippen molar-refractivity contribution in [3.05, 3.63) is 63.1 Å². The van der Waals surface area contributed by atoms with Crippen molar-refractivity contribution < 1.29 is 23.5 Å². The molecule has 3 N–H and O–H groups in total. The van der Waals surface area contributed by atoms with Gasteiger partial charge in [0.15, 0.2) is 0 Å². The van der Waals surface area contributed by atoms with Crippen molar-refractivity contribution in [3.63, 3.8) is 0 Å². The van der Waals surface area contributed by atoms with E-state index in [1.165, 1.54) is 36.0 Å². The van der Waals surface area contributed by atoms with E-state index in [9.17, 15) is 14.7 Å². The molecule has 2 aliphatic rings. The summed E-state index contributed by atoms with van der Waals surface area (Å²) in [6.45, 7) is 7.70. The normalized spacial score (nSPS) is 30.6. The summed E-state index contributed by atoms with van der Waals surface area (Å²) in [5, 5.41) is 16.3. The fraction of sp³-hybridized carbons (Fsp3) is 0.517. The van der Waals surface area contributed by atoms with Crippen molar-refractivity contribution in [2.75, 3.05) is 6.26 Å². The van der Waals surface area contributed by atoms with Crippen LogP contribution in [0, 0.1) is 17.0 Å². The van der Waals surface area contributed by atoms with Crippen LogP contribution in [0.15, 0.2) is 35.2 Å². The van der Waals surface area contributed by atoms with Crippen molar-refractivity contribution in [3.8, 4) is 0 Å². The first kappa shape index (κ1) is 30.3. The molecule has 1 amide bonds. The standard InChI is InChI=1S/C29H34Cl2F2N2O3S/c1-27(2,3)13-22-29(14-36,17-9-20(32)19(31)10-21(17)39-5)23(16-7-6-8-18(30)24(16)33)25(35-22)26(37)34-15-11-28(4,38)12-15/h6-10,14-15,22-23,25,35,38H,11-13H2,1-5H3,(H,34,37)/t15?,22-,23+,25-,28?,29-/m1/s1. The van der Waals surface area contributed by atoms with E-state index in [-0.39, 0.29) is 27.1 Å². The number of aldehydes is 1. The first-order chi connectivity index (χ1) is 18.1. The Morgan fingerprint density at radius 2 is 1.90 bits per heavy atom. The molecular formula is C29H34Cl2F2N2O3S. The van der Waals surface area contributed by atoms with E-state index >= 15 is 8.78 Å². The van der Waals surface area contributed by atoms with Gasteiger partial charge in [-0.2, -0.15) is 0 Å². The van der Waals surface area contributed by atoms with Gasteiger partial charge in [-0.15, -0.1) is 11.8 Å². The molecule has 2 aromatic carbocycles. The van der Waals surface area contributed by atoms with Crippen molar-refractivity contribution in [1.29, 1.82) is 0 Å². The van der Waals surface area contributed by atoms with Crippen LogP contribution in [-0.4, -0.2) is 47.3 Å². The van der Waals surface area contributed by atoms with Crippen LogP contribution in [0.5, 0.6) is 0 Å². The first-order valence-corrected chi connectivity index (χ1v) is 14.8. The summed E-state index contributed by atoms with van der Waals surface area (Å²) in [7, 11) is 0. The van der Waals surface area contributed by atoms with Gasteiger partial charge in [-0.05, 0) is 67.2 Å². The van der Waals surface area contributed by atoms with Crippen LogP contribution in [0.2, 0.25) is 10.0 Å². The highest BCUT2D eigenvalue weighted by molar-refractivity contribution is 7.98. The molecule has 10 heteroatoms. The predicted octanol–water partition coefficient (Wildman–Crippen LogP) is 6.02. The number of hydrogen-bond donors (Lipinski definition) is 3. The van der Waals surface area contributed by atoms with Crippen LogP contribution in [0.25, 0.3) is 0 Å². The molecule has 0 spiro atoms. The molecule has 5 nitrogen and oxygen atoms in total. The van der Waals surface area contributed by atoms with Crippen molar-refractivity contribution in [2.24, 2.45) is 5.41 Å². The second-order valence-electron chi connectivity index (χ2n) is 12.2. The SMILES string of the molecule is CSc1cc(Cl)c(F)cc1[C@]1(C=O)[C@@H](CC(C)(C)C)N[C@@H](C(=O)NC2CC(C)(O)C2)[C@@H]1c1cccc(Cl)c1F. The lowest BCUT2D eigenvalue weighted by Crippen LogP contribution is -2.57. The second kappa shape index (κ2) is 10.9. The molecule has 39 heavy (non-hydrogen) atoms. The zero-order valence-corrected chi connectivity index (χ0v) is 24.9. The van der Waals surface area contributed by atoms with Gasteiger partial charge in [0.25, 0.3) is 0 Å². The monoisotopic (exact) mass is 598 g/mol. The topological polar surface area (TPSA) is 78.4 Å². The zero-order chi connectivity index (χ0) is 28.9. The van der Waals surface area contributed by atoms with Crippen LogP contribution in [0.1, 0.15) is 64.0 Å². The van der Waals surface area contributed by atoms with Gasteiger partial charge in [-0.1, -0.05) is 56.1 Å². The Bertz CT molecular complexity index is 1280. The molecule has 4 atom stereocenters. The molecule has 0 aromatic heterocycles. The molecule has 4 rings (SSSR count). The molecule has 0 unspecified atom stereocenters. The van der Waals surface area contributed by atoms with E-state index in [0.717, 1.165) is 6.29 Å². The summed E-state index contributed by atoms with van der Waals surface area (Å²) in [5.41, 5.74) is -2.31. The fourth-order valence-electron chi connectivity index (χ4n) is 6.21. The van der Waals surface area contributed by atoms with E-state index in [0.29, 0.717) is 29.7 Å². The van der Waals surface area contributed by atoms with Crippen LogP contribution in [-0.2, 0) is 15.0 Å². The minimum absolute atomic E-state index is 0.0849. The predicted molar refractivity (Wildman–Crippen MR) is 152 cm³/mol. The van der Waals surface area contributed by atoms with Gasteiger partial charge in [-0.3, -0.25) is 4.79 Å². The van der Waals surface area contributed by atoms with Gasteiger partial charge in [-0.25, -0.2) is 8.78 Å². The highest BCUT2D eigenvalue weighted by Gasteiger charge is 2.61. The number of halogens is 4. The lowest BCUT2D eigenvalue weighted by molar-refractivity contribution is -0.127. The molecule has 1 heterocycles. The van der Waals surface area contributed by atoms with Gasteiger partial charge >= 0.3 is 0 Å². The number of amides is 1. The molecular weight excluding hydrogens is 565 g/mol. The third kappa shape index (κ3) is 5.73. The molecule has 2 fully saturated rings. The Labute approximate surface area is 242 Å². The summed E-state index contributed by atoms with van der Waals surface area (Å²) < 4.78 is 30.8. The molecule has 0 bridgehead atoms. The average molecular weight is 600 g/mol. The average Bonchev–Trinajstić information content (AvgIpc) is 3.14. The summed E-state index contributed by atoms with van der Waals surface area (Å²) in [6, 6.07) is 5.22. The number of thioether (sulfide) groups is 1. The van der Waals surface area contributed by atoms with E-state index in [4.69, 9.17) is 23.2 Å². The number of rotatable bonds is 7.